The fourth-order valence-electron chi connectivity index (χ4n) is 1.80. The molecule has 0 aliphatic carbocycles. The largest absolute Gasteiger partial charge is 0.467 e. The number of esters is 1. The Kier molecular flexibility index (Phi) is 4.07. The number of nitrogens with zero attached hydrogens (tertiary/aromatic N) is 1. The molecule has 5 heteroatoms. The van der Waals surface area contributed by atoms with Gasteiger partial charge in [-0.1, -0.05) is 0 Å². The van der Waals surface area contributed by atoms with Gasteiger partial charge < -0.3 is 15.2 Å². The monoisotopic (exact) mass is 216 g/mol. The summed E-state index contributed by atoms with van der Waals surface area (Å²) in [4.78, 5) is 13.4. The van der Waals surface area contributed by atoms with Crippen molar-refractivity contribution in [2.24, 2.45) is 0 Å². The smallest absolute Gasteiger partial charge is 0.338 e. The zero-order chi connectivity index (χ0) is 11.5. The maximum Gasteiger partial charge on any atom is 0.338 e. The van der Waals surface area contributed by atoms with Crippen molar-refractivity contribution in [2.75, 3.05) is 33.3 Å². The van der Waals surface area contributed by atoms with Crippen molar-refractivity contribution in [3.63, 3.8) is 0 Å². The van der Waals surface area contributed by atoms with Crippen LogP contribution in [0, 0.1) is 0 Å². The number of carbonyl (C=O) groups is 1. The van der Waals surface area contributed by atoms with Gasteiger partial charge in [0.25, 0.3) is 0 Å². The van der Waals surface area contributed by atoms with Crippen LogP contribution in [0.4, 0.5) is 0 Å². The van der Waals surface area contributed by atoms with Crippen LogP contribution in [-0.2, 0) is 9.53 Å². The molecule has 5 nitrogen and oxygen atoms in total. The van der Waals surface area contributed by atoms with Gasteiger partial charge in [0.05, 0.1) is 7.11 Å². The molecular weight excluding hydrogens is 196 g/mol. The van der Waals surface area contributed by atoms with Gasteiger partial charge in [-0.25, -0.2) is 4.79 Å². The maximum atomic E-state index is 11.3. The number of hydrogen-bond donors (Lipinski definition) is 2. The van der Waals surface area contributed by atoms with Crippen molar-refractivity contribution < 1.29 is 14.6 Å². The van der Waals surface area contributed by atoms with Gasteiger partial charge in [-0.05, 0) is 13.8 Å². The Bertz CT molecular complexity index is 231. The van der Waals surface area contributed by atoms with Gasteiger partial charge >= 0.3 is 5.97 Å². The molecule has 0 bridgehead atoms. The molecule has 0 spiro atoms. The molecule has 0 aromatic carbocycles. The lowest BCUT2D eigenvalue weighted by Crippen LogP contribution is -2.56. The van der Waals surface area contributed by atoms with Gasteiger partial charge in [-0.15, -0.1) is 0 Å². The second-order valence-electron chi connectivity index (χ2n) is 4.29. The zero-order valence-corrected chi connectivity index (χ0v) is 9.62. The molecular formula is C10H20N2O3. The first-order valence-corrected chi connectivity index (χ1v) is 5.23. The van der Waals surface area contributed by atoms with Crippen molar-refractivity contribution in [3.05, 3.63) is 0 Å². The lowest BCUT2D eigenvalue weighted by Gasteiger charge is -2.37. The van der Waals surface area contributed by atoms with Gasteiger partial charge in [0.1, 0.15) is 0 Å². The number of ether oxygens (including phenoxy) is 1. The summed E-state index contributed by atoms with van der Waals surface area (Å²) in [5.41, 5.74) is -1.42. The molecule has 2 N–H and O–H groups in total. The maximum absolute atomic E-state index is 11.3. The van der Waals surface area contributed by atoms with Gasteiger partial charge in [-0.3, -0.25) is 4.90 Å². The van der Waals surface area contributed by atoms with Gasteiger partial charge in [0.2, 0.25) is 0 Å². The Morgan fingerprint density at radius 2 is 2.40 bits per heavy atom. The first-order chi connectivity index (χ1) is 6.97. The molecule has 0 saturated carbocycles. The predicted octanol–water partition coefficient (Wildman–Crippen LogP) is -0.796. The SMILES string of the molecule is COC(=O)C(C)(O)CN1CCNC[C@H]1C. The third kappa shape index (κ3) is 3.15. The Morgan fingerprint density at radius 3 is 2.93 bits per heavy atom. The van der Waals surface area contributed by atoms with Crippen LogP contribution in [0.15, 0.2) is 0 Å². The number of β-amino-alcohol motifs (C(OH)–C–C–N with tert-alkyl or cyclic N) is 1. The summed E-state index contributed by atoms with van der Waals surface area (Å²) < 4.78 is 4.56. The summed E-state index contributed by atoms with van der Waals surface area (Å²) in [5, 5.41) is 13.2. The third-order valence-electron chi connectivity index (χ3n) is 2.78. The van der Waals surface area contributed by atoms with Gasteiger partial charge in [0.15, 0.2) is 5.60 Å². The van der Waals surface area contributed by atoms with Gasteiger partial charge in [-0.2, -0.15) is 0 Å². The molecule has 0 aromatic heterocycles. The fraction of sp³-hybridized carbons (Fsp3) is 0.900. The number of aliphatic hydroxyl groups is 1. The number of rotatable bonds is 3. The van der Waals surface area contributed by atoms with Crippen LogP contribution < -0.4 is 5.32 Å². The second kappa shape index (κ2) is 4.92. The molecule has 2 atom stereocenters. The van der Waals surface area contributed by atoms with Crippen LogP contribution in [0.3, 0.4) is 0 Å². The number of nitrogens with one attached hydrogen (secondary N) is 1. The summed E-state index contributed by atoms with van der Waals surface area (Å²) in [7, 11) is 1.29. The van der Waals surface area contributed by atoms with Gasteiger partial charge in [0, 0.05) is 32.2 Å². The van der Waals surface area contributed by atoms with Crippen molar-refractivity contribution >= 4 is 5.97 Å². The lowest BCUT2D eigenvalue weighted by molar-refractivity contribution is -0.163. The molecule has 1 saturated heterocycles. The molecule has 1 aliphatic heterocycles. The first kappa shape index (κ1) is 12.4. The van der Waals surface area contributed by atoms with E-state index in [-0.39, 0.29) is 0 Å². The summed E-state index contributed by atoms with van der Waals surface area (Å²) in [6.07, 6.45) is 0. The Hall–Kier alpha value is -0.650. The second-order valence-corrected chi connectivity index (χ2v) is 4.29. The summed E-state index contributed by atoms with van der Waals surface area (Å²) in [6.45, 7) is 6.50. The van der Waals surface area contributed by atoms with E-state index >= 15 is 0 Å². The standard InChI is InChI=1S/C10H20N2O3/c1-8-6-11-4-5-12(8)7-10(2,14)9(13)15-3/h8,11,14H,4-7H2,1-3H3/t8-,10?/m1/s1. The van der Waals surface area contributed by atoms with Crippen LogP contribution in [-0.4, -0.2) is 60.9 Å². The normalized spacial score (nSPS) is 27.1. The Labute approximate surface area is 90.4 Å². The van der Waals surface area contributed by atoms with Crippen LogP contribution in [0.5, 0.6) is 0 Å². The Morgan fingerprint density at radius 1 is 1.73 bits per heavy atom. The molecule has 1 unspecified atom stereocenters. The van der Waals surface area contributed by atoms with Crippen molar-refractivity contribution in [1.82, 2.24) is 10.2 Å². The average Bonchev–Trinajstić information content (AvgIpc) is 2.20. The highest BCUT2D eigenvalue weighted by Crippen LogP contribution is 2.12. The molecule has 1 rings (SSSR count). The van der Waals surface area contributed by atoms with E-state index in [1.807, 2.05) is 0 Å². The van der Waals surface area contributed by atoms with E-state index in [1.54, 1.807) is 0 Å². The van der Waals surface area contributed by atoms with E-state index in [1.165, 1.54) is 14.0 Å². The van der Waals surface area contributed by atoms with E-state index < -0.39 is 11.6 Å². The summed E-state index contributed by atoms with van der Waals surface area (Å²) >= 11 is 0. The van der Waals surface area contributed by atoms with Crippen molar-refractivity contribution in [3.8, 4) is 0 Å². The first-order valence-electron chi connectivity index (χ1n) is 5.23. The zero-order valence-electron chi connectivity index (χ0n) is 9.62. The fourth-order valence-corrected chi connectivity index (χ4v) is 1.80. The quantitative estimate of drug-likeness (QED) is 0.605. The highest BCUT2D eigenvalue weighted by Gasteiger charge is 2.35. The molecule has 88 valence electrons. The van der Waals surface area contributed by atoms with E-state index in [2.05, 4.69) is 21.9 Å². The molecule has 1 aliphatic rings. The number of carbonyl (C=O) groups excluding carboxylic acids is 1. The lowest BCUT2D eigenvalue weighted by atomic mass is 10.0. The molecule has 0 radical (unpaired) electrons. The average molecular weight is 216 g/mol. The highest BCUT2D eigenvalue weighted by molar-refractivity contribution is 5.78. The van der Waals surface area contributed by atoms with E-state index in [0.717, 1.165) is 19.6 Å². The van der Waals surface area contributed by atoms with E-state index in [9.17, 15) is 9.90 Å². The van der Waals surface area contributed by atoms with Crippen LogP contribution >= 0.6 is 0 Å². The summed E-state index contributed by atoms with van der Waals surface area (Å²) in [6, 6.07) is 0.329. The number of hydrogen-bond acceptors (Lipinski definition) is 5. The third-order valence-corrected chi connectivity index (χ3v) is 2.78. The molecule has 15 heavy (non-hydrogen) atoms. The van der Waals surface area contributed by atoms with Crippen molar-refractivity contribution in [2.45, 2.75) is 25.5 Å². The topological polar surface area (TPSA) is 61.8 Å². The van der Waals surface area contributed by atoms with Crippen molar-refractivity contribution in [1.29, 1.82) is 0 Å². The molecule has 1 heterocycles. The minimum atomic E-state index is -1.42. The number of piperazine rings is 1. The Balaban J connectivity index is 2.55. The van der Waals surface area contributed by atoms with Crippen LogP contribution in [0.2, 0.25) is 0 Å². The number of methoxy groups -OCH3 is 1. The highest BCUT2D eigenvalue weighted by atomic mass is 16.5. The summed E-state index contributed by atoms with van der Waals surface area (Å²) in [5.74, 6) is -0.576. The minimum Gasteiger partial charge on any atom is -0.467 e. The van der Waals surface area contributed by atoms with E-state index in [0.29, 0.717) is 12.6 Å². The van der Waals surface area contributed by atoms with Crippen LogP contribution in [0.25, 0.3) is 0 Å². The predicted molar refractivity (Wildman–Crippen MR) is 56.5 cm³/mol. The van der Waals surface area contributed by atoms with Crippen LogP contribution in [0.1, 0.15) is 13.8 Å². The molecule has 1 fully saturated rings. The minimum absolute atomic E-state index is 0.322. The molecule has 0 amide bonds. The molecule has 0 aromatic rings. The van der Waals surface area contributed by atoms with E-state index in [4.69, 9.17) is 0 Å².